The van der Waals surface area contributed by atoms with E-state index in [-0.39, 0.29) is 23.9 Å². The minimum atomic E-state index is -3.25. The van der Waals surface area contributed by atoms with Crippen molar-refractivity contribution in [3.05, 3.63) is 0 Å². The van der Waals surface area contributed by atoms with Gasteiger partial charge in [-0.15, -0.1) is 0 Å². The molecule has 2 saturated heterocycles. The lowest BCUT2D eigenvalue weighted by Gasteiger charge is -2.38. The minimum Gasteiger partial charge on any atom is -0.377 e. The van der Waals surface area contributed by atoms with E-state index < -0.39 is 10.0 Å². The van der Waals surface area contributed by atoms with Crippen molar-refractivity contribution in [1.82, 2.24) is 4.31 Å². The normalized spacial score (nSPS) is 32.1. The molecular formula is C13H26N2O3S. The van der Waals surface area contributed by atoms with Gasteiger partial charge in [-0.05, 0) is 39.0 Å². The first-order chi connectivity index (χ1) is 9.00. The Hall–Kier alpha value is -0.170. The summed E-state index contributed by atoms with van der Waals surface area (Å²) in [5.41, 5.74) is 5.95. The SMILES string of the molecule is CC(N)C1CCCCN1S(=O)(=O)CC1CCCCO1. The zero-order chi connectivity index (χ0) is 13.9. The van der Waals surface area contributed by atoms with Crippen LogP contribution in [0.4, 0.5) is 0 Å². The summed E-state index contributed by atoms with van der Waals surface area (Å²) in [5, 5.41) is 0. The molecule has 6 heteroatoms. The fourth-order valence-corrected chi connectivity index (χ4v) is 5.11. The molecule has 0 aliphatic carbocycles. The average molecular weight is 290 g/mol. The molecule has 0 amide bonds. The molecule has 0 radical (unpaired) electrons. The summed E-state index contributed by atoms with van der Waals surface area (Å²) in [6.07, 6.45) is 5.72. The zero-order valence-corrected chi connectivity index (χ0v) is 12.6. The van der Waals surface area contributed by atoms with Gasteiger partial charge in [0.2, 0.25) is 10.0 Å². The third kappa shape index (κ3) is 3.90. The van der Waals surface area contributed by atoms with Crippen LogP contribution in [0.15, 0.2) is 0 Å². The highest BCUT2D eigenvalue weighted by Crippen LogP contribution is 2.24. The minimum absolute atomic E-state index is 0.0395. The van der Waals surface area contributed by atoms with Gasteiger partial charge in [-0.2, -0.15) is 4.31 Å². The second kappa shape index (κ2) is 6.52. The van der Waals surface area contributed by atoms with Crippen molar-refractivity contribution in [2.45, 2.75) is 63.6 Å². The number of hydrogen-bond acceptors (Lipinski definition) is 4. The summed E-state index contributed by atoms with van der Waals surface area (Å²) in [6, 6.07) is -0.148. The average Bonchev–Trinajstić information content (AvgIpc) is 2.39. The largest absolute Gasteiger partial charge is 0.377 e. The fraction of sp³-hybridized carbons (Fsp3) is 1.00. The van der Waals surface area contributed by atoms with Gasteiger partial charge in [-0.3, -0.25) is 0 Å². The molecule has 3 unspecified atom stereocenters. The predicted molar refractivity (Wildman–Crippen MR) is 75.4 cm³/mol. The van der Waals surface area contributed by atoms with Crippen LogP contribution in [0.5, 0.6) is 0 Å². The van der Waals surface area contributed by atoms with Crippen molar-refractivity contribution in [2.24, 2.45) is 5.73 Å². The van der Waals surface area contributed by atoms with Crippen LogP contribution < -0.4 is 5.73 Å². The Bertz CT molecular complexity index is 377. The summed E-state index contributed by atoms with van der Waals surface area (Å²) in [7, 11) is -3.25. The van der Waals surface area contributed by atoms with Gasteiger partial charge in [0, 0.05) is 25.2 Å². The van der Waals surface area contributed by atoms with Crippen LogP contribution in [0.3, 0.4) is 0 Å². The molecule has 2 aliphatic rings. The number of piperidine rings is 1. The molecule has 2 rings (SSSR count). The predicted octanol–water partition coefficient (Wildman–Crippen LogP) is 1.09. The second-order valence-electron chi connectivity index (χ2n) is 5.80. The standard InChI is InChI=1S/C13H26N2O3S/c1-11(14)13-7-2-4-8-15(13)19(16,17)10-12-6-3-5-9-18-12/h11-13H,2-10,14H2,1H3. The number of nitrogens with two attached hydrogens (primary N) is 1. The summed E-state index contributed by atoms with van der Waals surface area (Å²) in [5.74, 6) is 0.121. The fourth-order valence-electron chi connectivity index (χ4n) is 3.07. The Kier molecular flexibility index (Phi) is 5.22. The van der Waals surface area contributed by atoms with Crippen LogP contribution in [-0.2, 0) is 14.8 Å². The van der Waals surface area contributed by atoms with Gasteiger partial charge in [0.25, 0.3) is 0 Å². The molecule has 2 N–H and O–H groups in total. The molecule has 0 aromatic heterocycles. The summed E-state index contributed by atoms with van der Waals surface area (Å²) >= 11 is 0. The quantitative estimate of drug-likeness (QED) is 0.841. The summed E-state index contributed by atoms with van der Waals surface area (Å²) in [6.45, 7) is 3.20. The van der Waals surface area contributed by atoms with Crippen LogP contribution >= 0.6 is 0 Å². The molecule has 2 aliphatic heterocycles. The zero-order valence-electron chi connectivity index (χ0n) is 11.8. The van der Waals surface area contributed by atoms with E-state index >= 15 is 0 Å². The maximum atomic E-state index is 12.6. The van der Waals surface area contributed by atoms with Gasteiger partial charge < -0.3 is 10.5 Å². The van der Waals surface area contributed by atoms with E-state index in [1.165, 1.54) is 0 Å². The topological polar surface area (TPSA) is 72.6 Å². The number of ether oxygens (including phenoxy) is 1. The van der Waals surface area contributed by atoms with E-state index in [1.807, 2.05) is 6.92 Å². The summed E-state index contributed by atoms with van der Waals surface area (Å²) in [4.78, 5) is 0. The molecule has 0 saturated carbocycles. The van der Waals surface area contributed by atoms with Crippen LogP contribution in [0.2, 0.25) is 0 Å². The third-order valence-corrected chi connectivity index (χ3v) is 6.09. The molecule has 0 bridgehead atoms. The Balaban J connectivity index is 2.03. The molecular weight excluding hydrogens is 264 g/mol. The molecule has 0 aromatic carbocycles. The number of sulfonamides is 1. The van der Waals surface area contributed by atoms with Crippen LogP contribution in [0.1, 0.15) is 45.4 Å². The second-order valence-corrected chi connectivity index (χ2v) is 7.77. The lowest BCUT2D eigenvalue weighted by molar-refractivity contribution is 0.0294. The van der Waals surface area contributed by atoms with Crippen molar-refractivity contribution in [3.63, 3.8) is 0 Å². The molecule has 0 aromatic rings. The number of nitrogens with zero attached hydrogens (tertiary/aromatic N) is 1. The maximum absolute atomic E-state index is 12.6. The van der Waals surface area contributed by atoms with Crippen LogP contribution in [0.25, 0.3) is 0 Å². The van der Waals surface area contributed by atoms with Gasteiger partial charge >= 0.3 is 0 Å². The Morgan fingerprint density at radius 1 is 1.26 bits per heavy atom. The first kappa shape index (κ1) is 15.2. The monoisotopic (exact) mass is 290 g/mol. The smallest absolute Gasteiger partial charge is 0.216 e. The Labute approximate surface area is 116 Å². The molecule has 3 atom stereocenters. The highest BCUT2D eigenvalue weighted by molar-refractivity contribution is 7.89. The molecule has 112 valence electrons. The Morgan fingerprint density at radius 3 is 2.63 bits per heavy atom. The highest BCUT2D eigenvalue weighted by atomic mass is 32.2. The van der Waals surface area contributed by atoms with Crippen LogP contribution in [-0.4, -0.2) is 49.8 Å². The molecule has 2 fully saturated rings. The third-order valence-electron chi connectivity index (χ3n) is 4.13. The van der Waals surface area contributed by atoms with Gasteiger partial charge in [-0.25, -0.2) is 8.42 Å². The van der Waals surface area contributed by atoms with Crippen molar-refractivity contribution in [3.8, 4) is 0 Å². The van der Waals surface area contributed by atoms with Gasteiger partial charge in [0.1, 0.15) is 0 Å². The number of rotatable bonds is 4. The van der Waals surface area contributed by atoms with Gasteiger partial charge in [0.15, 0.2) is 0 Å². The van der Waals surface area contributed by atoms with Crippen molar-refractivity contribution >= 4 is 10.0 Å². The van der Waals surface area contributed by atoms with Crippen LogP contribution in [0, 0.1) is 0 Å². The molecule has 2 heterocycles. The Morgan fingerprint density at radius 2 is 2.00 bits per heavy atom. The van der Waals surface area contributed by atoms with Gasteiger partial charge in [0.05, 0.1) is 11.9 Å². The van der Waals surface area contributed by atoms with E-state index in [2.05, 4.69) is 0 Å². The maximum Gasteiger partial charge on any atom is 0.216 e. The van der Waals surface area contributed by atoms with E-state index in [4.69, 9.17) is 10.5 Å². The van der Waals surface area contributed by atoms with Crippen molar-refractivity contribution in [1.29, 1.82) is 0 Å². The first-order valence-electron chi connectivity index (χ1n) is 7.37. The van der Waals surface area contributed by atoms with E-state index in [0.717, 1.165) is 38.5 Å². The lowest BCUT2D eigenvalue weighted by atomic mass is 10.00. The number of hydrogen-bond donors (Lipinski definition) is 1. The van der Waals surface area contributed by atoms with Crippen molar-refractivity contribution in [2.75, 3.05) is 18.9 Å². The van der Waals surface area contributed by atoms with E-state index in [1.54, 1.807) is 4.31 Å². The van der Waals surface area contributed by atoms with Crippen molar-refractivity contribution < 1.29 is 13.2 Å². The summed E-state index contributed by atoms with van der Waals surface area (Å²) < 4.78 is 32.3. The highest BCUT2D eigenvalue weighted by Gasteiger charge is 2.36. The van der Waals surface area contributed by atoms with Gasteiger partial charge in [-0.1, -0.05) is 6.42 Å². The van der Waals surface area contributed by atoms with E-state index in [9.17, 15) is 8.42 Å². The molecule has 5 nitrogen and oxygen atoms in total. The molecule has 19 heavy (non-hydrogen) atoms. The molecule has 0 spiro atoms. The van der Waals surface area contributed by atoms with E-state index in [0.29, 0.717) is 13.2 Å². The lowest BCUT2D eigenvalue weighted by Crippen LogP contribution is -2.53. The first-order valence-corrected chi connectivity index (χ1v) is 8.98.